The van der Waals surface area contributed by atoms with Crippen LogP contribution in [-0.4, -0.2) is 3.42 Å². The van der Waals surface area contributed by atoms with Gasteiger partial charge < -0.3 is 0 Å². The molecule has 0 aromatic rings. The van der Waals surface area contributed by atoms with Crippen LogP contribution in [0.3, 0.4) is 0 Å². The third kappa shape index (κ3) is 2.27. The van der Waals surface area contributed by atoms with Gasteiger partial charge in [-0.1, -0.05) is 62.1 Å². The summed E-state index contributed by atoms with van der Waals surface area (Å²) in [6, 6.07) is 0. The molecule has 5 fully saturated rings. The van der Waals surface area contributed by atoms with E-state index in [9.17, 15) is 0 Å². The summed E-state index contributed by atoms with van der Waals surface area (Å²) in [6.45, 7) is 5.12. The highest BCUT2D eigenvalue weighted by Gasteiger charge is 2.66. The fourth-order valence-corrected chi connectivity index (χ4v) is 11.2. The largest absolute Gasteiger partial charge is 0.0785 e. The van der Waals surface area contributed by atoms with Crippen molar-refractivity contribution in [3.63, 3.8) is 0 Å². The molecule has 0 radical (unpaired) electrons. The van der Waals surface area contributed by atoms with Crippen LogP contribution in [0.4, 0.5) is 0 Å². The van der Waals surface area contributed by atoms with Crippen molar-refractivity contribution in [1.82, 2.24) is 0 Å². The molecule has 24 heavy (non-hydrogen) atoms. The molecule has 5 saturated carbocycles. The van der Waals surface area contributed by atoms with Crippen molar-refractivity contribution in [3.8, 4) is 0 Å². The average molecular weight is 440 g/mol. The van der Waals surface area contributed by atoms with Gasteiger partial charge >= 0.3 is 0 Å². The summed E-state index contributed by atoms with van der Waals surface area (Å²) in [4.78, 5) is 0. The third-order valence-electron chi connectivity index (χ3n) is 9.78. The highest BCUT2D eigenvalue weighted by atomic mass is 127. The first-order valence-electron chi connectivity index (χ1n) is 11.2. The van der Waals surface area contributed by atoms with Gasteiger partial charge in [-0.05, 0) is 98.2 Å². The van der Waals surface area contributed by atoms with Crippen molar-refractivity contribution < 1.29 is 0 Å². The lowest BCUT2D eigenvalue weighted by Gasteiger charge is -2.60. The van der Waals surface area contributed by atoms with Crippen LogP contribution in [0.25, 0.3) is 0 Å². The molecule has 0 N–H and O–H groups in total. The van der Waals surface area contributed by atoms with Crippen LogP contribution >= 0.6 is 22.6 Å². The van der Waals surface area contributed by atoms with Crippen LogP contribution in [-0.2, 0) is 0 Å². The molecular formula is C23H37I. The van der Waals surface area contributed by atoms with Crippen molar-refractivity contribution in [1.29, 1.82) is 0 Å². The summed E-state index contributed by atoms with van der Waals surface area (Å²) >= 11 is 2.97. The Bertz CT molecular complexity index is 500. The van der Waals surface area contributed by atoms with Crippen LogP contribution in [0.5, 0.6) is 0 Å². The van der Waals surface area contributed by atoms with E-state index in [1.165, 1.54) is 6.42 Å². The summed E-state index contributed by atoms with van der Waals surface area (Å²) in [6.07, 6.45) is 18.7. The van der Waals surface area contributed by atoms with Crippen molar-refractivity contribution in [3.05, 3.63) is 0 Å². The van der Waals surface area contributed by atoms with Crippen LogP contribution in [0.2, 0.25) is 0 Å². The first-order valence-corrected chi connectivity index (χ1v) is 12.3. The van der Waals surface area contributed by atoms with E-state index in [0.29, 0.717) is 3.42 Å². The Morgan fingerprint density at radius 3 is 2.33 bits per heavy atom. The lowest BCUT2D eigenvalue weighted by atomic mass is 9.48. The topological polar surface area (TPSA) is 0 Å². The molecule has 0 saturated heterocycles. The van der Waals surface area contributed by atoms with Gasteiger partial charge in [-0.3, -0.25) is 0 Å². The standard InChI is InChI=1S/C23H37I/c1-3-5-17-19-10-9-18(19)16-8-7-15(16)6-4-12-23(24)14-22(2)13-11-20(17)21(22)23/h15-21H,3-14H2,1-2H3. The number of halogens is 1. The molecule has 0 bridgehead atoms. The SMILES string of the molecule is CCCC1C2CCC2C2CCC2CCCC2(I)CC3(C)CCC1C32. The van der Waals surface area contributed by atoms with E-state index in [2.05, 4.69) is 36.4 Å². The molecular weight excluding hydrogens is 403 g/mol. The van der Waals surface area contributed by atoms with Crippen LogP contribution in [0.15, 0.2) is 0 Å². The Kier molecular flexibility index (Phi) is 4.12. The highest BCUT2D eigenvalue weighted by Crippen LogP contribution is 2.72. The maximum atomic E-state index is 2.97. The second kappa shape index (κ2) is 5.86. The quantitative estimate of drug-likeness (QED) is 0.313. The Hall–Kier alpha value is 0.730. The fraction of sp³-hybridized carbons (Fsp3) is 1.00. The second-order valence-electron chi connectivity index (χ2n) is 10.8. The zero-order chi connectivity index (χ0) is 16.5. The molecule has 0 aromatic heterocycles. The second-order valence-corrected chi connectivity index (χ2v) is 12.9. The zero-order valence-electron chi connectivity index (χ0n) is 15.9. The molecule has 5 rings (SSSR count). The number of alkyl halides is 1. The van der Waals surface area contributed by atoms with Crippen LogP contribution in [0, 0.1) is 46.8 Å². The number of hydrogen-bond donors (Lipinski definition) is 0. The molecule has 1 heteroatoms. The minimum atomic E-state index is 0.683. The Labute approximate surface area is 163 Å². The van der Waals surface area contributed by atoms with E-state index in [4.69, 9.17) is 0 Å². The van der Waals surface area contributed by atoms with Gasteiger partial charge in [0.05, 0.1) is 0 Å². The van der Waals surface area contributed by atoms with E-state index < -0.39 is 0 Å². The zero-order valence-corrected chi connectivity index (χ0v) is 18.1. The molecule has 0 amide bonds. The first-order chi connectivity index (χ1) is 11.6. The molecule has 9 unspecified atom stereocenters. The molecule has 5 aliphatic rings. The molecule has 136 valence electrons. The van der Waals surface area contributed by atoms with Crippen molar-refractivity contribution >= 4 is 22.6 Å². The molecule has 5 aliphatic carbocycles. The van der Waals surface area contributed by atoms with Gasteiger partial charge in [0.15, 0.2) is 0 Å². The van der Waals surface area contributed by atoms with Gasteiger partial charge in [-0.15, -0.1) is 0 Å². The predicted molar refractivity (Wildman–Crippen MR) is 110 cm³/mol. The Morgan fingerprint density at radius 1 is 0.875 bits per heavy atom. The smallest absolute Gasteiger partial charge is 0.0263 e. The number of fused-ring (bicyclic) bond motifs is 3. The average Bonchev–Trinajstić information content (AvgIpc) is 2.77. The monoisotopic (exact) mass is 440 g/mol. The predicted octanol–water partition coefficient (Wildman–Crippen LogP) is 7.25. The van der Waals surface area contributed by atoms with Crippen molar-refractivity contribution in [2.45, 2.75) is 94.3 Å². The van der Waals surface area contributed by atoms with E-state index in [-0.39, 0.29) is 0 Å². The molecule has 0 aromatic carbocycles. The molecule has 0 spiro atoms. The van der Waals surface area contributed by atoms with Gasteiger partial charge in [-0.25, -0.2) is 0 Å². The molecule has 9 atom stereocenters. The fourth-order valence-electron chi connectivity index (χ4n) is 8.77. The highest BCUT2D eigenvalue weighted by molar-refractivity contribution is 14.1. The maximum Gasteiger partial charge on any atom is 0.0263 e. The number of hydrogen-bond acceptors (Lipinski definition) is 0. The molecule has 0 nitrogen and oxygen atoms in total. The van der Waals surface area contributed by atoms with Gasteiger partial charge in [0.25, 0.3) is 0 Å². The summed E-state index contributed by atoms with van der Waals surface area (Å²) in [5, 5.41) is 0. The van der Waals surface area contributed by atoms with Gasteiger partial charge in [0, 0.05) is 3.42 Å². The summed E-state index contributed by atoms with van der Waals surface area (Å²) < 4.78 is 0.683. The Balaban J connectivity index is 1.48. The number of rotatable bonds is 2. The summed E-state index contributed by atoms with van der Waals surface area (Å²) in [7, 11) is 0. The minimum Gasteiger partial charge on any atom is -0.0785 e. The van der Waals surface area contributed by atoms with Gasteiger partial charge in [-0.2, -0.15) is 0 Å². The van der Waals surface area contributed by atoms with E-state index >= 15 is 0 Å². The lowest BCUT2D eigenvalue weighted by molar-refractivity contribution is -0.0621. The maximum absolute atomic E-state index is 2.97. The van der Waals surface area contributed by atoms with E-state index in [1.54, 1.807) is 70.6 Å². The minimum absolute atomic E-state index is 0.683. The summed E-state index contributed by atoms with van der Waals surface area (Å²) in [5.41, 5.74) is 0.726. The lowest BCUT2D eigenvalue weighted by Crippen LogP contribution is -2.57. The van der Waals surface area contributed by atoms with Crippen LogP contribution in [0.1, 0.15) is 90.9 Å². The van der Waals surface area contributed by atoms with Crippen LogP contribution < -0.4 is 0 Å². The molecule has 0 aliphatic heterocycles. The summed E-state index contributed by atoms with van der Waals surface area (Å²) in [5.74, 6) is 7.80. The first kappa shape index (κ1) is 16.9. The van der Waals surface area contributed by atoms with Crippen molar-refractivity contribution in [2.24, 2.45) is 46.8 Å². The van der Waals surface area contributed by atoms with E-state index in [0.717, 1.165) is 46.8 Å². The van der Waals surface area contributed by atoms with Gasteiger partial charge in [0.2, 0.25) is 0 Å². The Morgan fingerprint density at radius 2 is 1.67 bits per heavy atom. The van der Waals surface area contributed by atoms with E-state index in [1.807, 2.05) is 0 Å². The normalized spacial score (nSPS) is 58.9. The third-order valence-corrected chi connectivity index (χ3v) is 11.4. The molecule has 0 heterocycles. The van der Waals surface area contributed by atoms with Crippen molar-refractivity contribution in [2.75, 3.05) is 0 Å². The van der Waals surface area contributed by atoms with Gasteiger partial charge in [0.1, 0.15) is 0 Å².